The van der Waals surface area contributed by atoms with Gasteiger partial charge in [-0.25, -0.2) is 4.79 Å². The monoisotopic (exact) mass is 267 g/mol. The van der Waals surface area contributed by atoms with E-state index in [-0.39, 0.29) is 0 Å². The third-order valence-electron chi connectivity index (χ3n) is 2.74. The fourth-order valence-electron chi connectivity index (χ4n) is 1.85. The van der Waals surface area contributed by atoms with E-state index in [9.17, 15) is 4.79 Å². The molecule has 0 spiro atoms. The molecule has 1 N–H and O–H groups in total. The quantitative estimate of drug-likeness (QED) is 0.906. The van der Waals surface area contributed by atoms with E-state index in [1.54, 1.807) is 18.2 Å². The lowest BCUT2D eigenvalue weighted by molar-refractivity contribution is -0.272. The molecule has 1 aliphatic heterocycles. The van der Waals surface area contributed by atoms with Gasteiger partial charge in [-0.2, -0.15) is 0 Å². The second kappa shape index (κ2) is 5.36. The normalized spacial score (nSPS) is 20.2. The topological polar surface area (TPSA) is 66.0 Å². The molecule has 0 aromatic heterocycles. The molecule has 19 heavy (non-hydrogen) atoms. The molecule has 0 fully saturated rings. The molecule has 1 unspecified atom stereocenters. The molecule has 0 aliphatic carbocycles. The van der Waals surface area contributed by atoms with Crippen molar-refractivity contribution in [3.8, 4) is 17.2 Å². The molecule has 1 aromatic carbocycles. The van der Waals surface area contributed by atoms with Crippen molar-refractivity contribution in [3.63, 3.8) is 0 Å². The number of nitrogens with one attached hydrogen (secondary N) is 1. The number of rotatable bonds is 4. The molecule has 2 rings (SSSR count). The predicted molar refractivity (Wildman–Crippen MR) is 67.4 cm³/mol. The SMILES string of the molecule is CCCC1(OC)Oc2cccc(OC(=O)NC)c2O1. The first-order chi connectivity index (χ1) is 9.14. The van der Waals surface area contributed by atoms with Crippen LogP contribution in [0.15, 0.2) is 18.2 Å². The average molecular weight is 267 g/mol. The Hall–Kier alpha value is -1.95. The zero-order valence-electron chi connectivity index (χ0n) is 11.2. The second-order valence-corrected chi connectivity index (χ2v) is 4.06. The van der Waals surface area contributed by atoms with E-state index in [1.807, 2.05) is 6.92 Å². The Bertz CT molecular complexity index is 476. The van der Waals surface area contributed by atoms with Crippen LogP contribution in [0.5, 0.6) is 17.2 Å². The maximum atomic E-state index is 11.3. The zero-order chi connectivity index (χ0) is 13.9. The number of methoxy groups -OCH3 is 1. The van der Waals surface area contributed by atoms with Gasteiger partial charge in [0.15, 0.2) is 11.5 Å². The number of amides is 1. The number of hydrogen-bond donors (Lipinski definition) is 1. The Morgan fingerprint density at radius 2 is 2.21 bits per heavy atom. The van der Waals surface area contributed by atoms with Crippen LogP contribution in [-0.2, 0) is 4.74 Å². The third kappa shape index (κ3) is 2.58. The number of hydrogen-bond acceptors (Lipinski definition) is 5. The first kappa shape index (κ1) is 13.5. The summed E-state index contributed by atoms with van der Waals surface area (Å²) in [4.78, 5) is 11.3. The largest absolute Gasteiger partial charge is 0.426 e. The van der Waals surface area contributed by atoms with Gasteiger partial charge in [0.25, 0.3) is 0 Å². The van der Waals surface area contributed by atoms with Crippen molar-refractivity contribution in [2.24, 2.45) is 0 Å². The lowest BCUT2D eigenvalue weighted by atomic mass is 10.3. The molecular formula is C13H17NO5. The van der Waals surface area contributed by atoms with E-state index < -0.39 is 12.1 Å². The van der Waals surface area contributed by atoms with E-state index in [4.69, 9.17) is 18.9 Å². The van der Waals surface area contributed by atoms with E-state index in [1.165, 1.54) is 14.2 Å². The van der Waals surface area contributed by atoms with Gasteiger partial charge >= 0.3 is 12.1 Å². The van der Waals surface area contributed by atoms with Gasteiger partial charge in [0.1, 0.15) is 0 Å². The molecule has 1 heterocycles. The summed E-state index contributed by atoms with van der Waals surface area (Å²) in [5.41, 5.74) is 0. The molecule has 1 atom stereocenters. The summed E-state index contributed by atoms with van der Waals surface area (Å²) >= 11 is 0. The summed E-state index contributed by atoms with van der Waals surface area (Å²) in [5, 5.41) is 2.38. The van der Waals surface area contributed by atoms with Crippen molar-refractivity contribution in [1.82, 2.24) is 5.32 Å². The van der Waals surface area contributed by atoms with Crippen LogP contribution in [-0.4, -0.2) is 26.2 Å². The summed E-state index contributed by atoms with van der Waals surface area (Å²) < 4.78 is 21.8. The van der Waals surface area contributed by atoms with Crippen LogP contribution in [0.3, 0.4) is 0 Å². The van der Waals surface area contributed by atoms with Gasteiger partial charge in [-0.05, 0) is 18.6 Å². The van der Waals surface area contributed by atoms with Gasteiger partial charge < -0.3 is 24.3 Å². The molecule has 0 saturated carbocycles. The molecule has 1 amide bonds. The highest BCUT2D eigenvalue weighted by Gasteiger charge is 2.43. The van der Waals surface area contributed by atoms with E-state index >= 15 is 0 Å². The van der Waals surface area contributed by atoms with Crippen LogP contribution in [0.1, 0.15) is 19.8 Å². The van der Waals surface area contributed by atoms with Crippen molar-refractivity contribution in [1.29, 1.82) is 0 Å². The molecule has 104 valence electrons. The number of benzene rings is 1. The Kier molecular flexibility index (Phi) is 3.80. The van der Waals surface area contributed by atoms with Gasteiger partial charge in [0.2, 0.25) is 5.75 Å². The first-order valence-corrected chi connectivity index (χ1v) is 6.10. The maximum Gasteiger partial charge on any atom is 0.412 e. The summed E-state index contributed by atoms with van der Waals surface area (Å²) in [5.74, 6) is 0.0316. The molecule has 0 saturated heterocycles. The fourth-order valence-corrected chi connectivity index (χ4v) is 1.85. The van der Waals surface area contributed by atoms with E-state index in [0.29, 0.717) is 23.7 Å². The van der Waals surface area contributed by atoms with Crippen LogP contribution >= 0.6 is 0 Å². The van der Waals surface area contributed by atoms with Crippen molar-refractivity contribution < 1.29 is 23.7 Å². The summed E-state index contributed by atoms with van der Waals surface area (Å²) in [6.07, 6.45) is 0.827. The Balaban J connectivity index is 2.27. The van der Waals surface area contributed by atoms with Crippen molar-refractivity contribution >= 4 is 6.09 Å². The molecule has 6 heteroatoms. The highest BCUT2D eigenvalue weighted by Crippen LogP contribution is 2.47. The number of carbonyl (C=O) groups is 1. The minimum absolute atomic E-state index is 0.298. The van der Waals surface area contributed by atoms with E-state index in [2.05, 4.69) is 5.32 Å². The maximum absolute atomic E-state index is 11.3. The Labute approximate surface area is 111 Å². The lowest BCUT2D eigenvalue weighted by Gasteiger charge is -2.24. The second-order valence-electron chi connectivity index (χ2n) is 4.06. The van der Waals surface area contributed by atoms with Crippen molar-refractivity contribution in [3.05, 3.63) is 18.2 Å². The minimum atomic E-state index is -1.14. The average Bonchev–Trinajstić information content (AvgIpc) is 2.79. The number of para-hydroxylation sites is 1. The van der Waals surface area contributed by atoms with Crippen LogP contribution in [0, 0.1) is 0 Å². The van der Waals surface area contributed by atoms with Crippen LogP contribution in [0.4, 0.5) is 4.79 Å². The molecule has 6 nitrogen and oxygen atoms in total. The first-order valence-electron chi connectivity index (χ1n) is 6.10. The van der Waals surface area contributed by atoms with Crippen LogP contribution < -0.4 is 19.5 Å². The molecule has 0 bridgehead atoms. The van der Waals surface area contributed by atoms with Crippen LogP contribution in [0.25, 0.3) is 0 Å². The lowest BCUT2D eigenvalue weighted by Crippen LogP contribution is -2.40. The van der Waals surface area contributed by atoms with Gasteiger partial charge in [0.05, 0.1) is 6.42 Å². The molecular weight excluding hydrogens is 250 g/mol. The van der Waals surface area contributed by atoms with Crippen molar-refractivity contribution in [2.75, 3.05) is 14.2 Å². The number of fused-ring (bicyclic) bond motifs is 1. The van der Waals surface area contributed by atoms with Gasteiger partial charge in [0, 0.05) is 14.2 Å². The third-order valence-corrected chi connectivity index (χ3v) is 2.74. The Morgan fingerprint density at radius 1 is 1.42 bits per heavy atom. The summed E-state index contributed by atoms with van der Waals surface area (Å²) in [7, 11) is 3.00. The van der Waals surface area contributed by atoms with E-state index in [0.717, 1.165) is 6.42 Å². The summed E-state index contributed by atoms with van der Waals surface area (Å²) in [6, 6.07) is 5.09. The highest BCUT2D eigenvalue weighted by molar-refractivity contribution is 5.72. The molecule has 0 radical (unpaired) electrons. The summed E-state index contributed by atoms with van der Waals surface area (Å²) in [6.45, 7) is 2.00. The number of carbonyl (C=O) groups excluding carboxylic acids is 1. The smallest absolute Gasteiger partial charge is 0.412 e. The standard InChI is InChI=1S/C13H17NO5/c1-4-8-13(16-3)18-10-7-5-6-9(11(10)19-13)17-12(15)14-2/h5-7H,4,8H2,1-3H3,(H,14,15). The number of ether oxygens (including phenoxy) is 4. The Morgan fingerprint density at radius 3 is 2.84 bits per heavy atom. The van der Waals surface area contributed by atoms with Crippen LogP contribution in [0.2, 0.25) is 0 Å². The van der Waals surface area contributed by atoms with Gasteiger partial charge in [-0.15, -0.1) is 0 Å². The fraction of sp³-hybridized carbons (Fsp3) is 0.462. The minimum Gasteiger partial charge on any atom is -0.426 e. The molecule has 1 aromatic rings. The zero-order valence-corrected chi connectivity index (χ0v) is 11.2. The van der Waals surface area contributed by atoms with Gasteiger partial charge in [-0.3, -0.25) is 0 Å². The predicted octanol–water partition coefficient (Wildman–Crippen LogP) is 2.28. The van der Waals surface area contributed by atoms with Crippen molar-refractivity contribution in [2.45, 2.75) is 25.7 Å². The molecule has 1 aliphatic rings. The highest BCUT2D eigenvalue weighted by atomic mass is 16.9. The van der Waals surface area contributed by atoms with Gasteiger partial charge in [-0.1, -0.05) is 13.0 Å².